The van der Waals surface area contributed by atoms with E-state index in [1.165, 1.54) is 5.56 Å². The maximum absolute atomic E-state index is 8.51. The minimum Gasteiger partial charge on any atom is -0.411 e. The first-order chi connectivity index (χ1) is 6.36. The van der Waals surface area contributed by atoms with E-state index in [1.54, 1.807) is 0 Å². The van der Waals surface area contributed by atoms with Crippen LogP contribution in [-0.4, -0.2) is 17.5 Å². The Hall–Kier alpha value is -1.35. The van der Waals surface area contributed by atoms with Crippen molar-refractivity contribution in [2.24, 2.45) is 10.9 Å². The zero-order chi connectivity index (χ0) is 9.52. The first-order valence-electron chi connectivity index (χ1n) is 4.30. The van der Waals surface area contributed by atoms with E-state index in [-0.39, 0.29) is 0 Å². The number of nitrogens with two attached hydrogens (primary N) is 1. The highest BCUT2D eigenvalue weighted by molar-refractivity contribution is 5.85. The smallest absolute Gasteiger partial charge is 0.0709 e. The van der Waals surface area contributed by atoms with Crippen LogP contribution in [0.2, 0.25) is 0 Å². The van der Waals surface area contributed by atoms with Gasteiger partial charge >= 0.3 is 0 Å². The molecule has 70 valence electrons. The van der Waals surface area contributed by atoms with Crippen molar-refractivity contribution >= 4 is 5.71 Å². The minimum atomic E-state index is 0.323. The summed E-state index contributed by atoms with van der Waals surface area (Å²) in [6, 6.07) is 10.1. The highest BCUT2D eigenvalue weighted by Crippen LogP contribution is 2.02. The molecule has 0 radical (unpaired) electrons. The molecule has 3 heteroatoms. The standard InChI is InChI=1S/C10H14N2O/c11-8-10(12-13)7-6-9-4-2-1-3-5-9/h1-5,13H,6-8,11H2/b12-10-. The second kappa shape index (κ2) is 5.32. The van der Waals surface area contributed by atoms with Crippen LogP contribution in [0.1, 0.15) is 12.0 Å². The van der Waals surface area contributed by atoms with Gasteiger partial charge in [-0.15, -0.1) is 0 Å². The number of aryl methyl sites for hydroxylation is 1. The molecule has 1 aromatic carbocycles. The molecule has 13 heavy (non-hydrogen) atoms. The molecular formula is C10H14N2O. The van der Waals surface area contributed by atoms with Gasteiger partial charge in [-0.25, -0.2) is 0 Å². The van der Waals surface area contributed by atoms with E-state index in [0.29, 0.717) is 12.3 Å². The number of oxime groups is 1. The van der Waals surface area contributed by atoms with Gasteiger partial charge in [-0.1, -0.05) is 35.5 Å². The van der Waals surface area contributed by atoms with E-state index in [0.717, 1.165) is 12.8 Å². The lowest BCUT2D eigenvalue weighted by molar-refractivity contribution is 0.317. The van der Waals surface area contributed by atoms with Crippen LogP contribution in [0.3, 0.4) is 0 Å². The van der Waals surface area contributed by atoms with Gasteiger partial charge in [0, 0.05) is 6.54 Å². The predicted octanol–water partition coefficient (Wildman–Crippen LogP) is 1.41. The van der Waals surface area contributed by atoms with E-state index < -0.39 is 0 Å². The van der Waals surface area contributed by atoms with Gasteiger partial charge in [-0.05, 0) is 18.4 Å². The highest BCUT2D eigenvalue weighted by atomic mass is 16.4. The van der Waals surface area contributed by atoms with Crippen LogP contribution in [0.25, 0.3) is 0 Å². The summed E-state index contributed by atoms with van der Waals surface area (Å²) in [5.74, 6) is 0. The summed E-state index contributed by atoms with van der Waals surface area (Å²) in [6.07, 6.45) is 1.59. The molecule has 0 bridgehead atoms. The van der Waals surface area contributed by atoms with Gasteiger partial charge in [0.15, 0.2) is 0 Å². The predicted molar refractivity (Wildman–Crippen MR) is 53.0 cm³/mol. The quantitative estimate of drug-likeness (QED) is 0.416. The molecule has 0 aliphatic carbocycles. The number of rotatable bonds is 4. The second-order valence-electron chi connectivity index (χ2n) is 2.86. The Kier molecular flexibility index (Phi) is 3.99. The lowest BCUT2D eigenvalue weighted by Gasteiger charge is -2.01. The highest BCUT2D eigenvalue weighted by Gasteiger charge is 1.97. The molecule has 0 aliphatic rings. The molecular weight excluding hydrogens is 164 g/mol. The van der Waals surface area contributed by atoms with Gasteiger partial charge in [-0.3, -0.25) is 0 Å². The third kappa shape index (κ3) is 3.25. The Bertz CT molecular complexity index is 270. The maximum Gasteiger partial charge on any atom is 0.0709 e. The van der Waals surface area contributed by atoms with Crippen molar-refractivity contribution in [1.82, 2.24) is 0 Å². The summed E-state index contributed by atoms with van der Waals surface area (Å²) < 4.78 is 0. The molecule has 0 saturated heterocycles. The van der Waals surface area contributed by atoms with Crippen molar-refractivity contribution in [2.45, 2.75) is 12.8 Å². The zero-order valence-corrected chi connectivity index (χ0v) is 7.48. The Morgan fingerprint density at radius 3 is 2.54 bits per heavy atom. The summed E-state index contributed by atoms with van der Waals surface area (Å²) in [4.78, 5) is 0. The summed E-state index contributed by atoms with van der Waals surface area (Å²) in [6.45, 7) is 0.323. The lowest BCUT2D eigenvalue weighted by atomic mass is 10.1. The summed E-state index contributed by atoms with van der Waals surface area (Å²) in [5, 5.41) is 11.6. The summed E-state index contributed by atoms with van der Waals surface area (Å²) >= 11 is 0. The topological polar surface area (TPSA) is 58.6 Å². The van der Waals surface area contributed by atoms with E-state index in [1.807, 2.05) is 30.3 Å². The monoisotopic (exact) mass is 178 g/mol. The molecule has 3 nitrogen and oxygen atoms in total. The normalized spacial score (nSPS) is 11.6. The average Bonchev–Trinajstić information content (AvgIpc) is 2.21. The molecule has 0 aromatic heterocycles. The van der Waals surface area contributed by atoms with Crippen molar-refractivity contribution in [2.75, 3.05) is 6.54 Å². The summed E-state index contributed by atoms with van der Waals surface area (Å²) in [5.41, 5.74) is 7.23. The average molecular weight is 178 g/mol. The fourth-order valence-electron chi connectivity index (χ4n) is 1.13. The Morgan fingerprint density at radius 2 is 2.00 bits per heavy atom. The minimum absolute atomic E-state index is 0.323. The van der Waals surface area contributed by atoms with Crippen molar-refractivity contribution in [3.63, 3.8) is 0 Å². The molecule has 1 aromatic rings. The molecule has 0 fully saturated rings. The molecule has 0 amide bonds. The molecule has 3 N–H and O–H groups in total. The zero-order valence-electron chi connectivity index (χ0n) is 7.48. The molecule has 0 unspecified atom stereocenters. The van der Waals surface area contributed by atoms with Gasteiger partial charge in [-0.2, -0.15) is 0 Å². The van der Waals surface area contributed by atoms with Crippen molar-refractivity contribution in [3.05, 3.63) is 35.9 Å². The van der Waals surface area contributed by atoms with E-state index in [2.05, 4.69) is 5.16 Å². The van der Waals surface area contributed by atoms with E-state index in [9.17, 15) is 0 Å². The fraction of sp³-hybridized carbons (Fsp3) is 0.300. The third-order valence-corrected chi connectivity index (χ3v) is 1.92. The van der Waals surface area contributed by atoms with Gasteiger partial charge in [0.05, 0.1) is 5.71 Å². The molecule has 0 saturated carbocycles. The van der Waals surface area contributed by atoms with Crippen LogP contribution in [0.15, 0.2) is 35.5 Å². The largest absolute Gasteiger partial charge is 0.411 e. The number of nitrogens with zero attached hydrogens (tertiary/aromatic N) is 1. The molecule has 0 spiro atoms. The summed E-state index contributed by atoms with van der Waals surface area (Å²) in [7, 11) is 0. The number of hydrogen-bond donors (Lipinski definition) is 2. The SMILES string of the molecule is NC/C(CCc1ccccc1)=N\O. The van der Waals surface area contributed by atoms with Crippen LogP contribution in [0.5, 0.6) is 0 Å². The van der Waals surface area contributed by atoms with Gasteiger partial charge in [0.2, 0.25) is 0 Å². The maximum atomic E-state index is 8.51. The number of hydrogen-bond acceptors (Lipinski definition) is 3. The molecule has 0 atom stereocenters. The van der Waals surface area contributed by atoms with Gasteiger partial charge < -0.3 is 10.9 Å². The van der Waals surface area contributed by atoms with E-state index >= 15 is 0 Å². The van der Waals surface area contributed by atoms with Crippen LogP contribution in [-0.2, 0) is 6.42 Å². The Morgan fingerprint density at radius 1 is 1.31 bits per heavy atom. The first-order valence-corrected chi connectivity index (χ1v) is 4.30. The van der Waals surface area contributed by atoms with Gasteiger partial charge in [0.1, 0.15) is 0 Å². The van der Waals surface area contributed by atoms with Crippen molar-refractivity contribution < 1.29 is 5.21 Å². The molecule has 0 aliphatic heterocycles. The van der Waals surface area contributed by atoms with Crippen LogP contribution in [0.4, 0.5) is 0 Å². The Balaban J connectivity index is 2.43. The lowest BCUT2D eigenvalue weighted by Crippen LogP contribution is -2.14. The first kappa shape index (κ1) is 9.74. The van der Waals surface area contributed by atoms with Crippen LogP contribution >= 0.6 is 0 Å². The second-order valence-corrected chi connectivity index (χ2v) is 2.86. The fourth-order valence-corrected chi connectivity index (χ4v) is 1.13. The van der Waals surface area contributed by atoms with Gasteiger partial charge in [0.25, 0.3) is 0 Å². The Labute approximate surface area is 77.9 Å². The van der Waals surface area contributed by atoms with E-state index in [4.69, 9.17) is 10.9 Å². The van der Waals surface area contributed by atoms with Crippen molar-refractivity contribution in [1.29, 1.82) is 0 Å². The molecule has 0 heterocycles. The molecule has 1 rings (SSSR count). The number of benzene rings is 1. The van der Waals surface area contributed by atoms with Crippen LogP contribution < -0.4 is 5.73 Å². The third-order valence-electron chi connectivity index (χ3n) is 1.92. The van der Waals surface area contributed by atoms with Crippen molar-refractivity contribution in [3.8, 4) is 0 Å². The van der Waals surface area contributed by atoms with Crippen LogP contribution in [0, 0.1) is 0 Å².